The molecule has 6 nitrogen and oxygen atoms in total. The van der Waals surface area contributed by atoms with E-state index in [1.54, 1.807) is 60.7 Å². The highest BCUT2D eigenvalue weighted by Crippen LogP contribution is 2.29. The third-order valence-corrected chi connectivity index (χ3v) is 5.17. The van der Waals surface area contributed by atoms with Crippen LogP contribution >= 0.6 is 39.7 Å². The lowest BCUT2D eigenvalue weighted by Gasteiger charge is -2.14. The van der Waals surface area contributed by atoms with Gasteiger partial charge < -0.3 is 15.4 Å². The molecule has 0 saturated heterocycles. The first-order chi connectivity index (χ1) is 14.9. The Balaban J connectivity index is 1.68. The van der Waals surface area contributed by atoms with Crippen molar-refractivity contribution in [3.05, 3.63) is 87.4 Å². The maximum Gasteiger partial charge on any atom is 0.257 e. The van der Waals surface area contributed by atoms with E-state index in [0.29, 0.717) is 33.3 Å². The highest BCUT2D eigenvalue weighted by Gasteiger charge is 2.14. The molecule has 0 spiro atoms. The molecular weight excluding hydrogens is 502 g/mol. The summed E-state index contributed by atoms with van der Waals surface area (Å²) in [6.45, 7) is 0. The first-order valence-corrected chi connectivity index (χ1v) is 10.6. The van der Waals surface area contributed by atoms with E-state index in [1.165, 1.54) is 7.11 Å². The smallest absolute Gasteiger partial charge is 0.257 e. The Kier molecular flexibility index (Phi) is 7.62. The fraction of sp³-hybridized carbons (Fsp3) is 0.0455. The molecule has 158 valence electrons. The number of hydrogen-bond acceptors (Lipinski definition) is 4. The predicted molar refractivity (Wildman–Crippen MR) is 130 cm³/mol. The highest BCUT2D eigenvalue weighted by molar-refractivity contribution is 9.10. The SMILES string of the molecule is COc1cc(NC(=S)NC(=O)c2cccc(Br)c2)ccc1NC(=O)c1ccccc1Cl. The van der Waals surface area contributed by atoms with Crippen LogP contribution in [0.2, 0.25) is 5.02 Å². The average Bonchev–Trinajstić information content (AvgIpc) is 2.74. The van der Waals surface area contributed by atoms with Crippen LogP contribution in [0.3, 0.4) is 0 Å². The molecule has 0 bridgehead atoms. The predicted octanol–water partition coefficient (Wildman–Crippen LogP) is 5.49. The molecule has 0 saturated carbocycles. The van der Waals surface area contributed by atoms with Crippen molar-refractivity contribution < 1.29 is 14.3 Å². The molecule has 0 atom stereocenters. The number of methoxy groups -OCH3 is 1. The third kappa shape index (κ3) is 6.04. The maximum absolute atomic E-state index is 12.5. The molecule has 0 aliphatic carbocycles. The number of benzene rings is 3. The highest BCUT2D eigenvalue weighted by atomic mass is 79.9. The third-order valence-electron chi connectivity index (χ3n) is 4.14. The first-order valence-electron chi connectivity index (χ1n) is 8.99. The van der Waals surface area contributed by atoms with Crippen LogP contribution in [0, 0.1) is 0 Å². The van der Waals surface area contributed by atoms with Gasteiger partial charge in [0.15, 0.2) is 5.11 Å². The first kappa shape index (κ1) is 22.7. The molecule has 2 amide bonds. The standard InChI is InChI=1S/C22H17BrClN3O3S/c1-30-19-12-15(25-22(31)27-20(28)13-5-4-6-14(23)11-13)9-10-18(19)26-21(29)16-7-2-3-8-17(16)24/h2-12H,1H3,(H,26,29)(H2,25,27,28,31). The molecule has 3 rings (SSSR count). The lowest BCUT2D eigenvalue weighted by atomic mass is 10.2. The number of halogens is 2. The fourth-order valence-corrected chi connectivity index (χ4v) is 3.51. The van der Waals surface area contributed by atoms with Crippen molar-refractivity contribution in [2.24, 2.45) is 0 Å². The van der Waals surface area contributed by atoms with Gasteiger partial charge in [-0.1, -0.05) is 45.7 Å². The molecule has 31 heavy (non-hydrogen) atoms. The van der Waals surface area contributed by atoms with Crippen LogP contribution < -0.4 is 20.7 Å². The summed E-state index contributed by atoms with van der Waals surface area (Å²) in [4.78, 5) is 24.8. The number of anilines is 2. The molecule has 9 heteroatoms. The van der Waals surface area contributed by atoms with Gasteiger partial charge in [0, 0.05) is 21.8 Å². The van der Waals surface area contributed by atoms with Gasteiger partial charge in [-0.2, -0.15) is 0 Å². The van der Waals surface area contributed by atoms with Gasteiger partial charge in [-0.15, -0.1) is 0 Å². The van der Waals surface area contributed by atoms with Gasteiger partial charge in [-0.3, -0.25) is 14.9 Å². The zero-order valence-electron chi connectivity index (χ0n) is 16.2. The van der Waals surface area contributed by atoms with E-state index in [2.05, 4.69) is 31.9 Å². The van der Waals surface area contributed by atoms with Gasteiger partial charge in [0.2, 0.25) is 0 Å². The zero-order chi connectivity index (χ0) is 22.4. The second-order valence-corrected chi connectivity index (χ2v) is 8.00. The zero-order valence-corrected chi connectivity index (χ0v) is 19.4. The minimum atomic E-state index is -0.360. The van der Waals surface area contributed by atoms with Crippen LogP contribution in [0.5, 0.6) is 5.75 Å². The van der Waals surface area contributed by atoms with Crippen molar-refractivity contribution in [3.8, 4) is 5.75 Å². The molecule has 3 aromatic carbocycles. The van der Waals surface area contributed by atoms with Gasteiger partial charge in [-0.05, 0) is 54.7 Å². The molecule has 3 N–H and O–H groups in total. The van der Waals surface area contributed by atoms with Crippen molar-refractivity contribution in [2.75, 3.05) is 17.7 Å². The van der Waals surface area contributed by atoms with Crippen molar-refractivity contribution in [2.45, 2.75) is 0 Å². The Labute approximate surface area is 198 Å². The van der Waals surface area contributed by atoms with Crippen LogP contribution in [-0.2, 0) is 0 Å². The molecule has 0 radical (unpaired) electrons. The summed E-state index contributed by atoms with van der Waals surface area (Å²) in [6.07, 6.45) is 0. The van der Waals surface area contributed by atoms with E-state index >= 15 is 0 Å². The Morgan fingerprint density at radius 1 is 0.968 bits per heavy atom. The van der Waals surface area contributed by atoms with E-state index in [9.17, 15) is 9.59 Å². The van der Waals surface area contributed by atoms with E-state index in [1.807, 2.05) is 6.07 Å². The topological polar surface area (TPSA) is 79.5 Å². The van der Waals surface area contributed by atoms with Crippen LogP contribution in [0.25, 0.3) is 0 Å². The summed E-state index contributed by atoms with van der Waals surface area (Å²) in [6, 6.07) is 18.7. The summed E-state index contributed by atoms with van der Waals surface area (Å²) in [5, 5.41) is 8.80. The molecule has 3 aromatic rings. The molecule has 0 heterocycles. The summed E-state index contributed by atoms with van der Waals surface area (Å²) in [7, 11) is 1.48. The van der Waals surface area contributed by atoms with Crippen molar-refractivity contribution >= 4 is 68.1 Å². The van der Waals surface area contributed by atoms with Crippen LogP contribution in [-0.4, -0.2) is 24.0 Å². The Bertz CT molecular complexity index is 1160. The number of amides is 2. The monoisotopic (exact) mass is 517 g/mol. The normalized spacial score (nSPS) is 10.2. The molecule has 0 unspecified atom stereocenters. The number of hydrogen-bond donors (Lipinski definition) is 3. The molecule has 0 fully saturated rings. The fourth-order valence-electron chi connectivity index (χ4n) is 2.67. The lowest BCUT2D eigenvalue weighted by Crippen LogP contribution is -2.34. The minimum absolute atomic E-state index is 0.125. The van der Waals surface area contributed by atoms with Crippen LogP contribution in [0.4, 0.5) is 11.4 Å². The Hall–Kier alpha value is -2.94. The summed E-state index contributed by atoms with van der Waals surface area (Å²) >= 11 is 14.6. The second kappa shape index (κ2) is 10.4. The van der Waals surface area contributed by atoms with Gasteiger partial charge in [0.05, 0.1) is 23.4 Å². The van der Waals surface area contributed by atoms with Gasteiger partial charge >= 0.3 is 0 Å². The number of carbonyl (C=O) groups excluding carboxylic acids is 2. The summed E-state index contributed by atoms with van der Waals surface area (Å²) in [5.74, 6) is -0.290. The molecular formula is C22H17BrClN3O3S. The summed E-state index contributed by atoms with van der Waals surface area (Å²) < 4.78 is 6.16. The van der Waals surface area contributed by atoms with E-state index in [0.717, 1.165) is 4.47 Å². The van der Waals surface area contributed by atoms with E-state index in [-0.39, 0.29) is 16.9 Å². The Morgan fingerprint density at radius 2 is 1.74 bits per heavy atom. The number of nitrogens with one attached hydrogen (secondary N) is 3. The average molecular weight is 519 g/mol. The maximum atomic E-state index is 12.5. The van der Waals surface area contributed by atoms with Gasteiger partial charge in [0.25, 0.3) is 11.8 Å². The van der Waals surface area contributed by atoms with Crippen LogP contribution in [0.1, 0.15) is 20.7 Å². The minimum Gasteiger partial charge on any atom is -0.494 e. The molecule has 0 aromatic heterocycles. The summed E-state index contributed by atoms with van der Waals surface area (Å²) in [5.41, 5.74) is 1.85. The number of rotatable bonds is 5. The Morgan fingerprint density at radius 3 is 2.45 bits per heavy atom. The number of thiocarbonyl (C=S) groups is 1. The number of ether oxygens (including phenoxy) is 1. The molecule has 0 aliphatic heterocycles. The van der Waals surface area contributed by atoms with Crippen LogP contribution in [0.15, 0.2) is 71.2 Å². The largest absolute Gasteiger partial charge is 0.494 e. The van der Waals surface area contributed by atoms with Crippen molar-refractivity contribution in [1.82, 2.24) is 5.32 Å². The second-order valence-electron chi connectivity index (χ2n) is 6.27. The van der Waals surface area contributed by atoms with Gasteiger partial charge in [-0.25, -0.2) is 0 Å². The van der Waals surface area contributed by atoms with Crippen molar-refractivity contribution in [1.29, 1.82) is 0 Å². The number of carbonyl (C=O) groups is 2. The van der Waals surface area contributed by atoms with Gasteiger partial charge in [0.1, 0.15) is 5.75 Å². The van der Waals surface area contributed by atoms with Crippen molar-refractivity contribution in [3.63, 3.8) is 0 Å². The van der Waals surface area contributed by atoms with E-state index < -0.39 is 0 Å². The lowest BCUT2D eigenvalue weighted by molar-refractivity contribution is 0.0976. The van der Waals surface area contributed by atoms with E-state index in [4.69, 9.17) is 28.6 Å². The molecule has 0 aliphatic rings. The quantitative estimate of drug-likeness (QED) is 0.389.